The van der Waals surface area contributed by atoms with Crippen LogP contribution in [0.5, 0.6) is 11.5 Å². The summed E-state index contributed by atoms with van der Waals surface area (Å²) < 4.78 is 11.0. The van der Waals surface area contributed by atoms with Crippen molar-refractivity contribution in [3.05, 3.63) is 23.8 Å². The second-order valence-electron chi connectivity index (χ2n) is 6.27. The number of fused-ring (bicyclic) bond motifs is 1. The fourth-order valence-corrected chi connectivity index (χ4v) is 3.48. The van der Waals surface area contributed by atoms with E-state index >= 15 is 0 Å². The molecular formula is C18H25NO3. The van der Waals surface area contributed by atoms with Crippen LogP contribution in [-0.2, 0) is 0 Å². The van der Waals surface area contributed by atoms with Gasteiger partial charge in [0.15, 0.2) is 11.5 Å². The first-order chi connectivity index (χ1) is 10.8. The summed E-state index contributed by atoms with van der Waals surface area (Å²) in [6, 6.07) is 5.76. The summed E-state index contributed by atoms with van der Waals surface area (Å²) in [6.07, 6.45) is 7.26. The summed E-state index contributed by atoms with van der Waals surface area (Å²) in [4.78, 5) is 12.5. The van der Waals surface area contributed by atoms with Gasteiger partial charge in [0.2, 0.25) is 0 Å². The van der Waals surface area contributed by atoms with E-state index in [1.807, 2.05) is 12.1 Å². The van der Waals surface area contributed by atoms with Crippen LogP contribution in [0.1, 0.15) is 55.8 Å². The minimum atomic E-state index is 0.00497. The molecule has 1 N–H and O–H groups in total. The third-order valence-corrected chi connectivity index (χ3v) is 4.71. The first-order valence-electron chi connectivity index (χ1n) is 8.48. The van der Waals surface area contributed by atoms with Crippen LogP contribution in [0.15, 0.2) is 18.2 Å². The molecule has 1 saturated carbocycles. The van der Waals surface area contributed by atoms with Gasteiger partial charge in [-0.3, -0.25) is 4.79 Å². The van der Waals surface area contributed by atoms with E-state index in [0.717, 1.165) is 12.2 Å². The van der Waals surface area contributed by atoms with Gasteiger partial charge in [-0.15, -0.1) is 0 Å². The van der Waals surface area contributed by atoms with Gasteiger partial charge in [-0.2, -0.15) is 0 Å². The molecule has 2 unspecified atom stereocenters. The maximum absolute atomic E-state index is 12.5. The number of nitrogens with one attached hydrogen (secondary N) is 1. The van der Waals surface area contributed by atoms with Gasteiger partial charge < -0.3 is 14.8 Å². The third-order valence-electron chi connectivity index (χ3n) is 4.71. The lowest BCUT2D eigenvalue weighted by Crippen LogP contribution is -2.37. The van der Waals surface area contributed by atoms with Crippen molar-refractivity contribution >= 4 is 5.91 Å². The minimum absolute atomic E-state index is 0.00497. The molecule has 1 heterocycles. The normalized spacial score (nSPS) is 23.3. The van der Waals surface area contributed by atoms with E-state index in [-0.39, 0.29) is 5.91 Å². The number of hydrogen-bond acceptors (Lipinski definition) is 3. The molecule has 3 rings (SSSR count). The molecule has 0 saturated heterocycles. The van der Waals surface area contributed by atoms with Gasteiger partial charge >= 0.3 is 0 Å². The molecule has 1 aliphatic carbocycles. The lowest BCUT2D eigenvalue weighted by Gasteiger charge is -2.22. The van der Waals surface area contributed by atoms with Gasteiger partial charge in [0.05, 0.1) is 0 Å². The molecule has 1 amide bonds. The number of amides is 1. The maximum Gasteiger partial charge on any atom is 0.251 e. The van der Waals surface area contributed by atoms with Crippen molar-refractivity contribution in [2.45, 2.75) is 51.5 Å². The molecule has 2 atom stereocenters. The third kappa shape index (κ3) is 3.37. The molecular weight excluding hydrogens is 278 g/mol. The Morgan fingerprint density at radius 2 is 2.05 bits per heavy atom. The van der Waals surface area contributed by atoms with Crippen molar-refractivity contribution in [3.8, 4) is 11.5 Å². The van der Waals surface area contributed by atoms with Gasteiger partial charge in [0.25, 0.3) is 5.91 Å². The van der Waals surface area contributed by atoms with E-state index in [4.69, 9.17) is 9.47 Å². The Morgan fingerprint density at radius 3 is 2.86 bits per heavy atom. The van der Waals surface area contributed by atoms with E-state index in [1.165, 1.54) is 32.1 Å². The molecule has 22 heavy (non-hydrogen) atoms. The zero-order chi connectivity index (χ0) is 15.4. The van der Waals surface area contributed by atoms with E-state index in [1.54, 1.807) is 6.07 Å². The van der Waals surface area contributed by atoms with Crippen molar-refractivity contribution in [1.29, 1.82) is 0 Å². The van der Waals surface area contributed by atoms with E-state index in [9.17, 15) is 4.79 Å². The highest BCUT2D eigenvalue weighted by Crippen LogP contribution is 2.32. The Hall–Kier alpha value is -1.71. The number of ether oxygens (including phenoxy) is 2. The Kier molecular flexibility index (Phi) is 4.86. The van der Waals surface area contributed by atoms with Gasteiger partial charge in [-0.05, 0) is 43.4 Å². The topological polar surface area (TPSA) is 47.6 Å². The Balaban J connectivity index is 1.64. The lowest BCUT2D eigenvalue weighted by molar-refractivity contribution is 0.0925. The minimum Gasteiger partial charge on any atom is -0.486 e. The van der Waals surface area contributed by atoms with Crippen molar-refractivity contribution < 1.29 is 14.3 Å². The first kappa shape index (κ1) is 15.2. The van der Waals surface area contributed by atoms with Crippen molar-refractivity contribution in [3.63, 3.8) is 0 Å². The second-order valence-corrected chi connectivity index (χ2v) is 6.27. The second kappa shape index (κ2) is 7.03. The summed E-state index contributed by atoms with van der Waals surface area (Å²) in [5.41, 5.74) is 0.658. The van der Waals surface area contributed by atoms with Crippen LogP contribution in [0.3, 0.4) is 0 Å². The molecule has 1 aromatic carbocycles. The number of benzene rings is 1. The van der Waals surface area contributed by atoms with E-state index in [2.05, 4.69) is 12.2 Å². The molecule has 0 radical (unpaired) electrons. The molecule has 1 fully saturated rings. The van der Waals surface area contributed by atoms with Crippen LogP contribution in [-0.4, -0.2) is 25.2 Å². The summed E-state index contributed by atoms with van der Waals surface area (Å²) in [5.74, 6) is 2.05. The fourth-order valence-electron chi connectivity index (χ4n) is 3.48. The van der Waals surface area contributed by atoms with Crippen molar-refractivity contribution in [2.24, 2.45) is 5.92 Å². The number of carbonyl (C=O) groups excluding carboxylic acids is 1. The predicted molar refractivity (Wildman–Crippen MR) is 85.6 cm³/mol. The SMILES string of the molecule is CCCCC1CCCC1NC(=O)c1ccc2c(c1)OCCO2. The molecule has 1 aliphatic heterocycles. The monoisotopic (exact) mass is 303 g/mol. The highest BCUT2D eigenvalue weighted by Gasteiger charge is 2.28. The molecule has 4 heteroatoms. The largest absolute Gasteiger partial charge is 0.486 e. The van der Waals surface area contributed by atoms with Crippen molar-refractivity contribution in [2.75, 3.05) is 13.2 Å². The smallest absolute Gasteiger partial charge is 0.251 e. The highest BCUT2D eigenvalue weighted by atomic mass is 16.6. The lowest BCUT2D eigenvalue weighted by atomic mass is 9.96. The van der Waals surface area contributed by atoms with Crippen LogP contribution < -0.4 is 14.8 Å². The van der Waals surface area contributed by atoms with Crippen LogP contribution in [0.2, 0.25) is 0 Å². The fraction of sp³-hybridized carbons (Fsp3) is 0.611. The van der Waals surface area contributed by atoms with Crippen LogP contribution >= 0.6 is 0 Å². The molecule has 4 nitrogen and oxygen atoms in total. The number of carbonyl (C=O) groups is 1. The molecule has 2 aliphatic rings. The Labute approximate surface area is 132 Å². The zero-order valence-corrected chi connectivity index (χ0v) is 13.3. The highest BCUT2D eigenvalue weighted by molar-refractivity contribution is 5.95. The average Bonchev–Trinajstić information content (AvgIpc) is 2.99. The van der Waals surface area contributed by atoms with E-state index < -0.39 is 0 Å². The average molecular weight is 303 g/mol. The molecule has 1 aromatic rings. The first-order valence-corrected chi connectivity index (χ1v) is 8.48. The van der Waals surface area contributed by atoms with E-state index in [0.29, 0.717) is 36.5 Å². The predicted octanol–water partition coefficient (Wildman–Crippen LogP) is 3.55. The molecule has 120 valence electrons. The van der Waals surface area contributed by atoms with Gasteiger partial charge in [-0.1, -0.05) is 26.2 Å². The molecule has 0 bridgehead atoms. The zero-order valence-electron chi connectivity index (χ0n) is 13.3. The van der Waals surface area contributed by atoms with Crippen LogP contribution in [0.25, 0.3) is 0 Å². The summed E-state index contributed by atoms with van der Waals surface area (Å²) in [7, 11) is 0. The molecule has 0 spiro atoms. The van der Waals surface area contributed by atoms with Crippen LogP contribution in [0, 0.1) is 5.92 Å². The quantitative estimate of drug-likeness (QED) is 0.905. The number of hydrogen-bond donors (Lipinski definition) is 1. The number of unbranched alkanes of at least 4 members (excludes halogenated alkanes) is 1. The van der Waals surface area contributed by atoms with Gasteiger partial charge in [-0.25, -0.2) is 0 Å². The van der Waals surface area contributed by atoms with Crippen molar-refractivity contribution in [1.82, 2.24) is 5.32 Å². The van der Waals surface area contributed by atoms with Gasteiger partial charge in [0.1, 0.15) is 13.2 Å². The van der Waals surface area contributed by atoms with Gasteiger partial charge in [0, 0.05) is 11.6 Å². The Bertz CT molecular complexity index is 529. The standard InChI is InChI=1S/C18H25NO3/c1-2-3-5-13-6-4-7-15(13)19-18(20)14-8-9-16-17(12-14)22-11-10-21-16/h8-9,12-13,15H,2-7,10-11H2,1H3,(H,19,20). The summed E-state index contributed by atoms with van der Waals surface area (Å²) in [6.45, 7) is 3.33. The summed E-state index contributed by atoms with van der Waals surface area (Å²) >= 11 is 0. The Morgan fingerprint density at radius 1 is 1.23 bits per heavy atom. The maximum atomic E-state index is 12.5. The van der Waals surface area contributed by atoms with Crippen LogP contribution in [0.4, 0.5) is 0 Å². The summed E-state index contributed by atoms with van der Waals surface area (Å²) in [5, 5.41) is 3.23. The number of rotatable bonds is 5. The molecule has 0 aromatic heterocycles.